The largest absolute Gasteiger partial charge is 0.455 e. The number of fused-ring (bicyclic) bond motifs is 3. The summed E-state index contributed by atoms with van der Waals surface area (Å²) in [6.45, 7) is 0. The van der Waals surface area contributed by atoms with Crippen molar-refractivity contribution in [2.75, 3.05) is 0 Å². The zero-order valence-electron chi connectivity index (χ0n) is 14.8. The fraction of sp³-hybridized carbons (Fsp3) is 0.304. The molecule has 3 nitrogen and oxygen atoms in total. The molecule has 0 amide bonds. The van der Waals surface area contributed by atoms with E-state index >= 15 is 0 Å². The van der Waals surface area contributed by atoms with Gasteiger partial charge in [0.05, 0.1) is 11.3 Å². The van der Waals surface area contributed by atoms with Crippen LogP contribution in [0.2, 0.25) is 0 Å². The molecule has 3 aromatic heterocycles. The molecule has 0 N–H and O–H groups in total. The average molecular weight is 342 g/mol. The van der Waals surface area contributed by atoms with Crippen LogP contribution in [0.5, 0.6) is 0 Å². The first-order valence-corrected chi connectivity index (χ1v) is 9.59. The molecule has 0 spiro atoms. The van der Waals surface area contributed by atoms with Gasteiger partial charge in [-0.3, -0.25) is 9.97 Å². The lowest BCUT2D eigenvalue weighted by Crippen LogP contribution is -2.09. The van der Waals surface area contributed by atoms with E-state index < -0.39 is 0 Å². The number of furan rings is 1. The van der Waals surface area contributed by atoms with Gasteiger partial charge < -0.3 is 4.42 Å². The molecule has 1 aliphatic rings. The lowest BCUT2D eigenvalue weighted by molar-refractivity contribution is 0.356. The lowest BCUT2D eigenvalue weighted by Gasteiger charge is -2.21. The van der Waals surface area contributed by atoms with Gasteiger partial charge in [-0.2, -0.15) is 0 Å². The summed E-state index contributed by atoms with van der Waals surface area (Å²) < 4.78 is 6.15. The van der Waals surface area contributed by atoms with Crippen LogP contribution >= 0.6 is 0 Å². The Hall–Kier alpha value is -2.68. The second-order valence-electron chi connectivity index (χ2n) is 7.42. The predicted molar refractivity (Wildman–Crippen MR) is 105 cm³/mol. The molecule has 0 unspecified atom stereocenters. The van der Waals surface area contributed by atoms with Crippen molar-refractivity contribution in [3.05, 3.63) is 60.6 Å². The first-order chi connectivity index (χ1) is 12.9. The predicted octanol–water partition coefficient (Wildman–Crippen LogP) is 6.17. The van der Waals surface area contributed by atoms with Crippen molar-refractivity contribution in [2.24, 2.45) is 5.92 Å². The van der Waals surface area contributed by atoms with E-state index in [-0.39, 0.29) is 0 Å². The van der Waals surface area contributed by atoms with Crippen molar-refractivity contribution in [3.8, 4) is 11.3 Å². The quantitative estimate of drug-likeness (QED) is 0.447. The highest BCUT2D eigenvalue weighted by Gasteiger charge is 2.16. The van der Waals surface area contributed by atoms with Crippen LogP contribution in [0.3, 0.4) is 0 Å². The first kappa shape index (κ1) is 15.6. The number of nitrogens with zero attached hydrogens (tertiary/aromatic N) is 2. The molecule has 0 saturated heterocycles. The third-order valence-electron chi connectivity index (χ3n) is 5.64. The van der Waals surface area contributed by atoms with Crippen molar-refractivity contribution in [3.63, 3.8) is 0 Å². The summed E-state index contributed by atoms with van der Waals surface area (Å²) in [5.41, 5.74) is 5.08. The molecule has 26 heavy (non-hydrogen) atoms. The highest BCUT2D eigenvalue weighted by Crippen LogP contribution is 2.34. The number of para-hydroxylation sites is 1. The molecule has 1 aliphatic carbocycles. The average Bonchev–Trinajstić information content (AvgIpc) is 3.08. The topological polar surface area (TPSA) is 38.9 Å². The molecule has 0 radical (unpaired) electrons. The van der Waals surface area contributed by atoms with Crippen molar-refractivity contribution in [1.82, 2.24) is 9.97 Å². The van der Waals surface area contributed by atoms with Gasteiger partial charge in [-0.05, 0) is 36.1 Å². The normalized spacial score (nSPS) is 15.7. The third-order valence-corrected chi connectivity index (χ3v) is 5.64. The molecule has 130 valence electrons. The van der Waals surface area contributed by atoms with E-state index in [1.807, 2.05) is 36.8 Å². The summed E-state index contributed by atoms with van der Waals surface area (Å²) in [6.07, 6.45) is 13.7. The minimum Gasteiger partial charge on any atom is -0.455 e. The molecule has 5 rings (SSSR count). The Labute approximate surface area is 153 Å². The van der Waals surface area contributed by atoms with E-state index in [2.05, 4.69) is 28.2 Å². The maximum Gasteiger partial charge on any atom is 0.147 e. The van der Waals surface area contributed by atoms with E-state index in [4.69, 9.17) is 4.42 Å². The molecule has 3 heteroatoms. The third kappa shape index (κ3) is 2.78. The summed E-state index contributed by atoms with van der Waals surface area (Å²) in [5, 5.41) is 2.16. The van der Waals surface area contributed by atoms with Crippen LogP contribution in [0.4, 0.5) is 0 Å². The van der Waals surface area contributed by atoms with Gasteiger partial charge >= 0.3 is 0 Å². The van der Waals surface area contributed by atoms with Crippen molar-refractivity contribution < 1.29 is 4.42 Å². The van der Waals surface area contributed by atoms with E-state index in [1.54, 1.807) is 0 Å². The number of aromatic nitrogens is 2. The fourth-order valence-electron chi connectivity index (χ4n) is 4.29. The molecular formula is C23H22N2O. The van der Waals surface area contributed by atoms with Gasteiger partial charge in [0, 0.05) is 29.4 Å². The molecule has 0 aliphatic heterocycles. The first-order valence-electron chi connectivity index (χ1n) is 9.59. The van der Waals surface area contributed by atoms with Gasteiger partial charge in [-0.15, -0.1) is 0 Å². The van der Waals surface area contributed by atoms with Crippen LogP contribution in [0.25, 0.3) is 33.2 Å². The van der Waals surface area contributed by atoms with Crippen molar-refractivity contribution in [2.45, 2.75) is 38.5 Å². The highest BCUT2D eigenvalue weighted by molar-refractivity contribution is 6.08. The van der Waals surface area contributed by atoms with Crippen molar-refractivity contribution in [1.29, 1.82) is 0 Å². The minimum atomic E-state index is 0.819. The summed E-state index contributed by atoms with van der Waals surface area (Å²) in [7, 11) is 0. The standard InChI is InChI=1S/C23H22N2O/c1-2-6-16(7-3-1)12-17-10-11-25-21(13-17)20-15-24-14-19-18-8-4-5-9-22(18)26-23(19)20/h4-5,8-11,13-16H,1-3,6-7,12H2. The number of benzene rings is 1. The van der Waals surface area contributed by atoms with Gasteiger partial charge in [-0.25, -0.2) is 0 Å². The molecule has 0 atom stereocenters. The monoisotopic (exact) mass is 342 g/mol. The van der Waals surface area contributed by atoms with E-state index in [1.165, 1.54) is 37.7 Å². The van der Waals surface area contributed by atoms with Crippen LogP contribution in [-0.4, -0.2) is 9.97 Å². The molecule has 1 fully saturated rings. The Balaban J connectivity index is 1.56. The van der Waals surface area contributed by atoms with E-state index in [0.29, 0.717) is 0 Å². The SMILES string of the molecule is c1ccc2c(c1)oc1c(-c3cc(CC4CCCCC4)ccn3)cncc12. The fourth-order valence-corrected chi connectivity index (χ4v) is 4.29. The zero-order chi connectivity index (χ0) is 17.3. The number of rotatable bonds is 3. The lowest BCUT2D eigenvalue weighted by atomic mass is 9.85. The number of hydrogen-bond donors (Lipinski definition) is 0. The molecule has 0 bridgehead atoms. The zero-order valence-corrected chi connectivity index (χ0v) is 14.8. The van der Waals surface area contributed by atoms with Crippen LogP contribution < -0.4 is 0 Å². The summed E-state index contributed by atoms with van der Waals surface area (Å²) in [4.78, 5) is 9.08. The Kier molecular flexibility index (Phi) is 3.93. The molecular weight excluding hydrogens is 320 g/mol. The Morgan fingerprint density at radius 3 is 2.77 bits per heavy atom. The van der Waals surface area contributed by atoms with E-state index in [0.717, 1.165) is 45.5 Å². The van der Waals surface area contributed by atoms with E-state index in [9.17, 15) is 0 Å². The minimum absolute atomic E-state index is 0.819. The van der Waals surface area contributed by atoms with Crippen LogP contribution in [0.15, 0.2) is 59.4 Å². The van der Waals surface area contributed by atoms with Gasteiger partial charge in [-0.1, -0.05) is 50.3 Å². The molecule has 1 saturated carbocycles. The Bertz CT molecular complexity index is 1060. The van der Waals surface area contributed by atoms with Crippen molar-refractivity contribution >= 4 is 21.9 Å². The Morgan fingerprint density at radius 1 is 0.962 bits per heavy atom. The summed E-state index contributed by atoms with van der Waals surface area (Å²) in [5.74, 6) is 0.819. The second-order valence-corrected chi connectivity index (χ2v) is 7.42. The van der Waals surface area contributed by atoms with Gasteiger partial charge in [0.1, 0.15) is 11.2 Å². The molecule has 4 aromatic rings. The van der Waals surface area contributed by atoms with Gasteiger partial charge in [0.25, 0.3) is 0 Å². The summed E-state index contributed by atoms with van der Waals surface area (Å²) >= 11 is 0. The maximum atomic E-state index is 6.15. The smallest absolute Gasteiger partial charge is 0.147 e. The van der Waals surface area contributed by atoms with Crippen LogP contribution in [0.1, 0.15) is 37.7 Å². The highest BCUT2D eigenvalue weighted by atomic mass is 16.3. The summed E-state index contributed by atoms with van der Waals surface area (Å²) in [6, 6.07) is 12.5. The Morgan fingerprint density at radius 2 is 1.85 bits per heavy atom. The second kappa shape index (κ2) is 6.56. The van der Waals surface area contributed by atoms with Gasteiger partial charge in [0.15, 0.2) is 0 Å². The molecule has 1 aromatic carbocycles. The number of hydrogen-bond acceptors (Lipinski definition) is 3. The van der Waals surface area contributed by atoms with Crippen LogP contribution in [0, 0.1) is 5.92 Å². The van der Waals surface area contributed by atoms with Crippen LogP contribution in [-0.2, 0) is 6.42 Å². The number of pyridine rings is 2. The maximum absolute atomic E-state index is 6.15. The molecule has 3 heterocycles. The van der Waals surface area contributed by atoms with Gasteiger partial charge in [0.2, 0.25) is 0 Å².